The van der Waals surface area contributed by atoms with Crippen LogP contribution >= 0.6 is 0 Å². The Morgan fingerprint density at radius 3 is 2.25 bits per heavy atom. The third-order valence-electron chi connectivity index (χ3n) is 0.454. The zero-order valence-corrected chi connectivity index (χ0v) is 4.33. The third-order valence-corrected chi connectivity index (χ3v) is 0.454. The molecule has 4 heteroatoms. The number of rotatable bonds is 3. The number of ether oxygens (including phenoxy) is 1. The van der Waals surface area contributed by atoms with Crippen molar-refractivity contribution in [2.75, 3.05) is 6.61 Å². The SMILES string of the molecule is CCO[C](F)C(F)F. The molecule has 0 bridgehead atoms. The zero-order chi connectivity index (χ0) is 6.57. The Morgan fingerprint density at radius 1 is 1.62 bits per heavy atom. The van der Waals surface area contributed by atoms with Crippen molar-refractivity contribution in [3.05, 3.63) is 6.36 Å². The zero-order valence-electron chi connectivity index (χ0n) is 4.33. The van der Waals surface area contributed by atoms with Gasteiger partial charge in [0.15, 0.2) is 0 Å². The average molecular weight is 127 g/mol. The standard InChI is InChI=1S/C4H6F3O/c1-2-8-4(7)3(5)6/h3H,2H2,1H3. The summed E-state index contributed by atoms with van der Waals surface area (Å²) < 4.78 is 37.4. The van der Waals surface area contributed by atoms with Gasteiger partial charge in [0.25, 0.3) is 0 Å². The van der Waals surface area contributed by atoms with Gasteiger partial charge in [0.2, 0.25) is 0 Å². The molecule has 0 aliphatic carbocycles. The highest BCUT2D eigenvalue weighted by Gasteiger charge is 2.20. The van der Waals surface area contributed by atoms with E-state index >= 15 is 0 Å². The molecule has 0 saturated heterocycles. The summed E-state index contributed by atoms with van der Waals surface area (Å²) in [5.74, 6) is 0. The maximum absolute atomic E-state index is 11.5. The number of halogens is 3. The minimum atomic E-state index is -3.10. The molecular formula is C4H6F3O. The van der Waals surface area contributed by atoms with Crippen LogP contribution in [0, 0.1) is 6.36 Å². The fraction of sp³-hybridized carbons (Fsp3) is 0.750. The topological polar surface area (TPSA) is 9.23 Å². The van der Waals surface area contributed by atoms with Crippen molar-refractivity contribution in [1.82, 2.24) is 0 Å². The summed E-state index contributed by atoms with van der Waals surface area (Å²) in [6.45, 7) is 1.37. The van der Waals surface area contributed by atoms with Gasteiger partial charge in [-0.05, 0) is 6.92 Å². The van der Waals surface area contributed by atoms with Crippen LogP contribution in [0.2, 0.25) is 0 Å². The van der Waals surface area contributed by atoms with Gasteiger partial charge in [0.1, 0.15) is 0 Å². The molecular weight excluding hydrogens is 121 g/mol. The molecule has 0 amide bonds. The van der Waals surface area contributed by atoms with Gasteiger partial charge in [0.05, 0.1) is 0 Å². The average Bonchev–Trinajstić information content (AvgIpc) is 1.67. The monoisotopic (exact) mass is 127 g/mol. The molecule has 0 aromatic rings. The van der Waals surface area contributed by atoms with Crippen LogP contribution in [0.5, 0.6) is 0 Å². The van der Waals surface area contributed by atoms with Crippen LogP contribution in [0.4, 0.5) is 13.2 Å². The molecule has 0 rings (SSSR count). The Morgan fingerprint density at radius 2 is 2.12 bits per heavy atom. The molecule has 1 radical (unpaired) electrons. The minimum Gasteiger partial charge on any atom is -0.337 e. The van der Waals surface area contributed by atoms with Crippen molar-refractivity contribution in [2.24, 2.45) is 0 Å². The molecule has 0 unspecified atom stereocenters. The van der Waals surface area contributed by atoms with Gasteiger partial charge in [-0.1, -0.05) is 0 Å². The molecule has 0 heterocycles. The number of hydrogen-bond donors (Lipinski definition) is 0. The van der Waals surface area contributed by atoms with Crippen LogP contribution in [-0.4, -0.2) is 13.0 Å². The second kappa shape index (κ2) is 3.72. The fourth-order valence-electron chi connectivity index (χ4n) is 0.201. The number of alkyl halides is 2. The largest absolute Gasteiger partial charge is 0.337 e. The van der Waals surface area contributed by atoms with E-state index in [-0.39, 0.29) is 6.61 Å². The van der Waals surface area contributed by atoms with E-state index in [1.54, 1.807) is 0 Å². The van der Waals surface area contributed by atoms with Gasteiger partial charge < -0.3 is 4.74 Å². The van der Waals surface area contributed by atoms with Crippen molar-refractivity contribution < 1.29 is 17.9 Å². The molecule has 0 N–H and O–H groups in total. The van der Waals surface area contributed by atoms with Gasteiger partial charge in [-0.3, -0.25) is 0 Å². The molecule has 0 atom stereocenters. The Balaban J connectivity index is 3.17. The number of hydrogen-bond acceptors (Lipinski definition) is 1. The quantitative estimate of drug-likeness (QED) is 0.561. The van der Waals surface area contributed by atoms with Crippen molar-refractivity contribution in [2.45, 2.75) is 13.3 Å². The predicted octanol–water partition coefficient (Wildman–Crippen LogP) is 1.75. The summed E-state index contributed by atoms with van der Waals surface area (Å²) in [6.07, 6.45) is -4.80. The van der Waals surface area contributed by atoms with Gasteiger partial charge in [-0.15, -0.1) is 0 Å². The summed E-state index contributed by atoms with van der Waals surface area (Å²) in [5.41, 5.74) is 0. The van der Waals surface area contributed by atoms with Gasteiger partial charge in [-0.2, -0.15) is 4.39 Å². The first-order valence-corrected chi connectivity index (χ1v) is 2.11. The summed E-state index contributed by atoms with van der Waals surface area (Å²) in [6, 6.07) is 0. The lowest BCUT2D eigenvalue weighted by Crippen LogP contribution is -2.06. The first-order chi connectivity index (χ1) is 3.68. The third kappa shape index (κ3) is 2.85. The molecule has 0 aromatic heterocycles. The van der Waals surface area contributed by atoms with E-state index in [0.29, 0.717) is 0 Å². The fourth-order valence-corrected chi connectivity index (χ4v) is 0.201. The van der Waals surface area contributed by atoms with Gasteiger partial charge in [-0.25, -0.2) is 8.78 Å². The van der Waals surface area contributed by atoms with Gasteiger partial charge in [0, 0.05) is 6.61 Å². The summed E-state index contributed by atoms with van der Waals surface area (Å²) in [7, 11) is 0. The van der Waals surface area contributed by atoms with Crippen molar-refractivity contribution >= 4 is 0 Å². The summed E-state index contributed by atoms with van der Waals surface area (Å²) in [5, 5.41) is 0. The Kier molecular flexibility index (Phi) is 3.60. The summed E-state index contributed by atoms with van der Waals surface area (Å²) in [4.78, 5) is 0. The summed E-state index contributed by atoms with van der Waals surface area (Å²) >= 11 is 0. The second-order valence-electron chi connectivity index (χ2n) is 1.04. The van der Waals surface area contributed by atoms with E-state index < -0.39 is 12.8 Å². The van der Waals surface area contributed by atoms with E-state index in [4.69, 9.17) is 0 Å². The lowest BCUT2D eigenvalue weighted by molar-refractivity contribution is -0.0349. The van der Waals surface area contributed by atoms with E-state index in [1.165, 1.54) is 6.92 Å². The van der Waals surface area contributed by atoms with Crippen LogP contribution in [0.15, 0.2) is 0 Å². The molecule has 0 aliphatic rings. The molecule has 0 aliphatic heterocycles. The van der Waals surface area contributed by atoms with Crippen LogP contribution in [0.3, 0.4) is 0 Å². The second-order valence-corrected chi connectivity index (χ2v) is 1.04. The van der Waals surface area contributed by atoms with Crippen molar-refractivity contribution in [3.8, 4) is 0 Å². The van der Waals surface area contributed by atoms with Gasteiger partial charge >= 0.3 is 12.8 Å². The maximum Gasteiger partial charge on any atom is 0.335 e. The minimum absolute atomic E-state index is 0.0594. The normalized spacial score (nSPS) is 11.2. The Labute approximate surface area is 45.4 Å². The lowest BCUT2D eigenvalue weighted by atomic mass is 10.7. The highest BCUT2D eigenvalue weighted by atomic mass is 19.3. The molecule has 0 saturated carbocycles. The van der Waals surface area contributed by atoms with E-state index in [1.807, 2.05) is 0 Å². The van der Waals surface area contributed by atoms with Crippen LogP contribution in [0.1, 0.15) is 6.92 Å². The first kappa shape index (κ1) is 7.75. The smallest absolute Gasteiger partial charge is 0.335 e. The van der Waals surface area contributed by atoms with Crippen molar-refractivity contribution in [1.29, 1.82) is 0 Å². The van der Waals surface area contributed by atoms with Crippen LogP contribution in [0.25, 0.3) is 0 Å². The van der Waals surface area contributed by atoms with E-state index in [9.17, 15) is 13.2 Å². The first-order valence-electron chi connectivity index (χ1n) is 2.11. The van der Waals surface area contributed by atoms with E-state index in [2.05, 4.69) is 4.74 Å². The Bertz CT molecular complexity index is 57.2. The molecule has 8 heavy (non-hydrogen) atoms. The highest BCUT2D eigenvalue weighted by molar-refractivity contribution is 4.63. The maximum atomic E-state index is 11.5. The lowest BCUT2D eigenvalue weighted by Gasteiger charge is -2.01. The highest BCUT2D eigenvalue weighted by Crippen LogP contribution is 2.13. The molecule has 0 spiro atoms. The Hall–Kier alpha value is -0.250. The molecule has 49 valence electrons. The van der Waals surface area contributed by atoms with E-state index in [0.717, 1.165) is 0 Å². The molecule has 0 fully saturated rings. The molecule has 1 nitrogen and oxygen atoms in total. The van der Waals surface area contributed by atoms with Crippen LogP contribution < -0.4 is 0 Å². The van der Waals surface area contributed by atoms with Crippen LogP contribution in [-0.2, 0) is 4.74 Å². The molecule has 0 aromatic carbocycles. The predicted molar refractivity (Wildman–Crippen MR) is 22.0 cm³/mol. The van der Waals surface area contributed by atoms with Crippen molar-refractivity contribution in [3.63, 3.8) is 0 Å².